The molecular formula is C60H46F6N8O14-2. The Balaban J connectivity index is 0.784. The molecule has 6 N–H and O–H groups in total. The number of amides is 6. The second kappa shape index (κ2) is 26.3. The molecule has 88 heavy (non-hydrogen) atoms. The van der Waals surface area contributed by atoms with Crippen LogP contribution in [-0.4, -0.2) is 106 Å². The summed E-state index contributed by atoms with van der Waals surface area (Å²) in [4.78, 5) is 127. The maximum absolute atomic E-state index is 13.9. The van der Waals surface area contributed by atoms with Crippen molar-refractivity contribution in [3.63, 3.8) is 0 Å². The molecule has 8 rings (SSSR count). The maximum atomic E-state index is 13.9. The lowest BCUT2D eigenvalue weighted by molar-refractivity contribution is -0.256. The van der Waals surface area contributed by atoms with Gasteiger partial charge in [0.05, 0.1) is 70.2 Å². The third-order valence-corrected chi connectivity index (χ3v) is 13.3. The molecule has 8 aromatic rings. The zero-order chi connectivity index (χ0) is 63.8. The summed E-state index contributed by atoms with van der Waals surface area (Å²) in [5.41, 5.74) is -2.05. The van der Waals surface area contributed by atoms with Gasteiger partial charge >= 0.3 is 24.2 Å². The van der Waals surface area contributed by atoms with Crippen molar-refractivity contribution in [2.45, 2.75) is 39.0 Å². The summed E-state index contributed by atoms with van der Waals surface area (Å²) >= 11 is 0. The van der Waals surface area contributed by atoms with Crippen LogP contribution in [0, 0.1) is 13.8 Å². The number of benzene rings is 4. The molecule has 6 amide bonds. The Kier molecular flexibility index (Phi) is 18.7. The van der Waals surface area contributed by atoms with Crippen molar-refractivity contribution in [1.82, 2.24) is 19.4 Å². The fourth-order valence-electron chi connectivity index (χ4n) is 9.08. The number of pyridine rings is 2. The molecule has 0 radical (unpaired) electrons. The third-order valence-electron chi connectivity index (χ3n) is 13.3. The van der Waals surface area contributed by atoms with Crippen LogP contribution in [-0.2, 0) is 19.2 Å². The second-order valence-corrected chi connectivity index (χ2v) is 19.1. The lowest BCUT2D eigenvalue weighted by Crippen LogP contribution is -2.32. The van der Waals surface area contributed by atoms with Gasteiger partial charge in [-0.2, -0.15) is 26.3 Å². The Morgan fingerprint density at radius 3 is 1.22 bits per heavy atom. The molecule has 28 heteroatoms. The van der Waals surface area contributed by atoms with Gasteiger partial charge in [-0.1, -0.05) is 24.3 Å². The minimum Gasteiger partial charge on any atom is -0.545 e. The topological polar surface area (TPSA) is 316 Å². The molecule has 454 valence electrons. The Morgan fingerprint density at radius 2 is 0.852 bits per heavy atom. The van der Waals surface area contributed by atoms with Gasteiger partial charge in [-0.05, 0) is 111 Å². The smallest absolute Gasteiger partial charge is 0.471 e. The zero-order valence-electron chi connectivity index (χ0n) is 45.8. The SMILES string of the molecule is Cc1c(NC(=O)c2cccc(OCCNC(=O)CCC(=O)NCCOc3cccc(C(=O)Nc4c(C)c(C(=O)c5ccc(NC(=O)C(F)(F)F)c(C(=O)[O-])c5)n5ccccc45)c3)c2)c2ccccn2c1C(=O)c1ccc(NC(=O)C(F)(F)F)c(C(=O)[O-])c1. The van der Waals surface area contributed by atoms with Gasteiger partial charge in [-0.15, -0.1) is 0 Å². The van der Waals surface area contributed by atoms with Crippen LogP contribution in [0.4, 0.5) is 49.1 Å². The number of halogens is 6. The van der Waals surface area contributed by atoms with E-state index in [0.717, 1.165) is 36.4 Å². The number of aromatic nitrogens is 2. The number of nitrogens with zero attached hydrogens (tertiary/aromatic N) is 2. The quantitative estimate of drug-likeness (QED) is 0.0244. The minimum absolute atomic E-state index is 0.0156. The summed E-state index contributed by atoms with van der Waals surface area (Å²) in [7, 11) is 0. The number of carboxylic acids is 2. The molecule has 0 spiro atoms. The van der Waals surface area contributed by atoms with Gasteiger partial charge < -0.3 is 70.0 Å². The summed E-state index contributed by atoms with van der Waals surface area (Å²) in [5, 5.41) is 37.5. The molecule has 0 aliphatic heterocycles. The predicted octanol–water partition coefficient (Wildman–Crippen LogP) is 5.97. The number of carbonyl (C=O) groups excluding carboxylic acids is 10. The van der Waals surface area contributed by atoms with Crippen LogP contribution in [0.2, 0.25) is 0 Å². The van der Waals surface area contributed by atoms with E-state index in [0.29, 0.717) is 11.0 Å². The Bertz CT molecular complexity index is 3890. The maximum Gasteiger partial charge on any atom is 0.471 e. The van der Waals surface area contributed by atoms with E-state index < -0.39 is 93.8 Å². The molecule has 0 aliphatic carbocycles. The molecule has 4 heterocycles. The predicted molar refractivity (Wildman–Crippen MR) is 297 cm³/mol. The van der Waals surface area contributed by atoms with Crippen molar-refractivity contribution in [2.24, 2.45) is 0 Å². The van der Waals surface area contributed by atoms with Crippen LogP contribution < -0.4 is 51.6 Å². The Hall–Kier alpha value is -11.3. The molecule has 0 saturated heterocycles. The van der Waals surface area contributed by atoms with E-state index in [2.05, 4.69) is 21.3 Å². The van der Waals surface area contributed by atoms with Crippen molar-refractivity contribution >= 4 is 92.7 Å². The molecule has 4 aromatic heterocycles. The largest absolute Gasteiger partial charge is 0.545 e. The number of rotatable bonds is 23. The molecule has 0 atom stereocenters. The van der Waals surface area contributed by atoms with Crippen molar-refractivity contribution in [3.8, 4) is 11.5 Å². The lowest BCUT2D eigenvalue weighted by Gasteiger charge is -2.14. The van der Waals surface area contributed by atoms with E-state index in [1.807, 2.05) is 0 Å². The van der Waals surface area contributed by atoms with E-state index in [-0.39, 0.29) is 107 Å². The Morgan fingerprint density at radius 1 is 0.466 bits per heavy atom. The van der Waals surface area contributed by atoms with Crippen LogP contribution in [0.15, 0.2) is 134 Å². The van der Waals surface area contributed by atoms with Gasteiger partial charge in [-0.3, -0.25) is 38.4 Å². The average molecular weight is 1220 g/mol. The summed E-state index contributed by atoms with van der Waals surface area (Å²) in [6, 6.07) is 26.9. The van der Waals surface area contributed by atoms with Crippen LogP contribution in [0.3, 0.4) is 0 Å². The van der Waals surface area contributed by atoms with E-state index >= 15 is 0 Å². The van der Waals surface area contributed by atoms with E-state index in [4.69, 9.17) is 9.47 Å². The molecule has 22 nitrogen and oxygen atoms in total. The number of anilines is 4. The average Bonchev–Trinajstić information content (AvgIpc) is 2.17. The van der Waals surface area contributed by atoms with E-state index in [9.17, 15) is 84.5 Å². The highest BCUT2D eigenvalue weighted by atomic mass is 19.4. The first-order valence-corrected chi connectivity index (χ1v) is 26.1. The highest BCUT2D eigenvalue weighted by Crippen LogP contribution is 2.34. The zero-order valence-corrected chi connectivity index (χ0v) is 45.8. The lowest BCUT2D eigenvalue weighted by atomic mass is 10.0. The van der Waals surface area contributed by atoms with Crippen molar-refractivity contribution in [2.75, 3.05) is 47.6 Å². The number of aromatic carboxylic acids is 2. The third kappa shape index (κ3) is 14.4. The second-order valence-electron chi connectivity index (χ2n) is 19.1. The summed E-state index contributed by atoms with van der Waals surface area (Å²) in [5.74, 6) is -12.1. The minimum atomic E-state index is -5.33. The monoisotopic (exact) mass is 1220 g/mol. The van der Waals surface area contributed by atoms with Crippen LogP contribution in [0.5, 0.6) is 11.5 Å². The summed E-state index contributed by atoms with van der Waals surface area (Å²) < 4.78 is 91.8. The molecule has 0 bridgehead atoms. The van der Waals surface area contributed by atoms with Gasteiger partial charge in [0.1, 0.15) is 24.7 Å². The van der Waals surface area contributed by atoms with Gasteiger partial charge in [0.25, 0.3) is 11.8 Å². The fraction of sp³-hybridized carbons (Fsp3) is 0.167. The fourth-order valence-corrected chi connectivity index (χ4v) is 9.08. The molecule has 0 unspecified atom stereocenters. The number of nitrogens with one attached hydrogen (secondary N) is 6. The van der Waals surface area contributed by atoms with E-state index in [1.54, 1.807) is 48.5 Å². The van der Waals surface area contributed by atoms with Gasteiger partial charge in [0.15, 0.2) is 0 Å². The molecule has 4 aromatic carbocycles. The highest BCUT2D eigenvalue weighted by Gasteiger charge is 2.40. The number of alkyl halides is 6. The van der Waals surface area contributed by atoms with Gasteiger partial charge in [0, 0.05) is 69.7 Å². The van der Waals surface area contributed by atoms with Crippen molar-refractivity contribution in [1.29, 1.82) is 0 Å². The van der Waals surface area contributed by atoms with Crippen LogP contribution in [0.1, 0.15) is 97.5 Å². The number of carboxylic acid groups (broad SMARTS) is 2. The van der Waals surface area contributed by atoms with Gasteiger partial charge in [0.2, 0.25) is 23.4 Å². The first-order chi connectivity index (χ1) is 41.7. The summed E-state index contributed by atoms with van der Waals surface area (Å²) in [6.07, 6.45) is -8.03. The molecule has 0 saturated carbocycles. The summed E-state index contributed by atoms with van der Waals surface area (Å²) in [6.45, 7) is 2.98. The number of carbonyl (C=O) groups is 10. The number of ether oxygens (including phenoxy) is 2. The first-order valence-electron chi connectivity index (χ1n) is 26.1. The number of fused-ring (bicyclic) bond motifs is 2. The number of ketones is 2. The Labute approximate surface area is 492 Å². The van der Waals surface area contributed by atoms with Crippen molar-refractivity contribution < 1.29 is 94.0 Å². The highest BCUT2D eigenvalue weighted by molar-refractivity contribution is 6.17. The normalized spacial score (nSPS) is 11.3. The standard InChI is InChI=1S/C60H48F6N8O14/c1-31-47(43-13-3-5-23-73(43)49(31)51(77)33-15-17-41(39(29-33)55(81)82)69-57(85)59(61,62)63)71-53(79)35-9-7-11-37(27-35)87-25-21-67-45(75)19-20-46(76)68-22-26-88-38-12-8-10-36(28-38)54(80)72-48-32(2)50(74-24-6-4-14-44(48)74)52(78)34-16-18-42(40(30-34)56(83)84)70-58(86)60(64,65)66/h3-18,23-24,27-30H,19-22,25-26H2,1-2H3,(H,67,75)(H,68,76)(H,69,85)(H,70,86)(H,71,79)(H,72,80)(H,81,82)(H,83,84)/p-2. The molecule has 0 fully saturated rings. The van der Waals surface area contributed by atoms with Crippen LogP contribution in [0.25, 0.3) is 11.0 Å². The number of hydrogen-bond acceptors (Lipinski definition) is 14. The van der Waals surface area contributed by atoms with Gasteiger partial charge in [-0.25, -0.2) is 0 Å². The van der Waals surface area contributed by atoms with E-state index in [1.165, 1.54) is 82.1 Å². The van der Waals surface area contributed by atoms with Crippen molar-refractivity contribution in [3.05, 3.63) is 190 Å². The van der Waals surface area contributed by atoms with Crippen LogP contribution >= 0.6 is 0 Å². The molecule has 0 aliphatic rings. The molecular weight excluding hydrogens is 1170 g/mol. The first kappa shape index (κ1) is 62.7. The number of hydrogen-bond donors (Lipinski definition) is 6.